The Morgan fingerprint density at radius 1 is 1.00 bits per heavy atom. The second-order valence-corrected chi connectivity index (χ2v) is 9.26. The van der Waals surface area contributed by atoms with E-state index in [9.17, 15) is 0 Å². The minimum Gasteiger partial charge on any atom is -0.325 e. The number of aromatic nitrogens is 2. The number of thiazole rings is 1. The number of nitrogens with zero attached hydrogens (tertiary/aromatic N) is 2. The van der Waals surface area contributed by atoms with E-state index in [2.05, 4.69) is 75.6 Å². The lowest BCUT2D eigenvalue weighted by Crippen LogP contribution is -2.17. The molecule has 0 saturated heterocycles. The topological polar surface area (TPSA) is 43.3 Å². The molecule has 0 aliphatic carbocycles. The molecule has 0 aliphatic rings. The molecule has 3 nitrogen and oxygen atoms in total. The van der Waals surface area contributed by atoms with Crippen molar-refractivity contribution in [2.24, 2.45) is 5.73 Å². The van der Waals surface area contributed by atoms with Gasteiger partial charge in [0.1, 0.15) is 0 Å². The minimum absolute atomic E-state index is 0.00615. The van der Waals surface area contributed by atoms with Crippen LogP contribution in [0.25, 0.3) is 16.2 Å². The molecule has 1 aromatic carbocycles. The number of nitrogens with two attached hydrogens (primary N) is 1. The minimum atomic E-state index is -0.00615. The van der Waals surface area contributed by atoms with Crippen molar-refractivity contribution in [2.45, 2.75) is 58.9 Å². The van der Waals surface area contributed by atoms with Crippen molar-refractivity contribution in [3.05, 3.63) is 46.6 Å². The van der Waals surface area contributed by atoms with E-state index in [0.29, 0.717) is 6.54 Å². The summed E-state index contributed by atoms with van der Waals surface area (Å²) in [5.74, 6) is 0. The fourth-order valence-corrected chi connectivity index (χ4v) is 3.96. The highest BCUT2D eigenvalue weighted by molar-refractivity contribution is 7.15. The van der Waals surface area contributed by atoms with E-state index in [1.165, 1.54) is 16.8 Å². The molecule has 0 spiro atoms. The van der Waals surface area contributed by atoms with Crippen molar-refractivity contribution in [3.8, 4) is 11.3 Å². The van der Waals surface area contributed by atoms with E-state index >= 15 is 0 Å². The summed E-state index contributed by atoms with van der Waals surface area (Å²) in [6.45, 7) is 13.8. The molecule has 3 aromatic rings. The molecule has 0 bridgehead atoms. The largest absolute Gasteiger partial charge is 0.325 e. The normalized spacial score (nSPS) is 13.0. The third-order valence-corrected chi connectivity index (χ3v) is 5.24. The van der Waals surface area contributed by atoms with Crippen molar-refractivity contribution in [2.75, 3.05) is 0 Å². The van der Waals surface area contributed by atoms with Crippen LogP contribution in [0, 0.1) is 0 Å². The Morgan fingerprint density at radius 3 is 2.12 bits per heavy atom. The maximum atomic E-state index is 6.09. The molecule has 0 saturated carbocycles. The van der Waals surface area contributed by atoms with Gasteiger partial charge in [0.15, 0.2) is 4.96 Å². The maximum absolute atomic E-state index is 6.09. The van der Waals surface area contributed by atoms with Gasteiger partial charge in [0, 0.05) is 17.3 Å². The number of rotatable bonds is 2. The zero-order valence-corrected chi connectivity index (χ0v) is 16.3. The van der Waals surface area contributed by atoms with Crippen LogP contribution in [0.5, 0.6) is 0 Å². The Labute approximate surface area is 148 Å². The van der Waals surface area contributed by atoms with Gasteiger partial charge in [-0.1, -0.05) is 65.8 Å². The quantitative estimate of drug-likeness (QED) is 0.703. The van der Waals surface area contributed by atoms with Crippen LogP contribution in [0.15, 0.2) is 29.6 Å². The van der Waals surface area contributed by atoms with Gasteiger partial charge in [0.05, 0.1) is 17.1 Å². The average Bonchev–Trinajstić information content (AvgIpc) is 3.04. The molecule has 0 amide bonds. The molecule has 0 atom stereocenters. The molecule has 4 heteroatoms. The summed E-state index contributed by atoms with van der Waals surface area (Å²) in [5, 5.41) is 2.18. The molecular formula is C20H27N3S. The van der Waals surface area contributed by atoms with Gasteiger partial charge in [-0.05, 0) is 16.5 Å². The van der Waals surface area contributed by atoms with Gasteiger partial charge in [0.25, 0.3) is 0 Å². The van der Waals surface area contributed by atoms with Gasteiger partial charge in [-0.25, -0.2) is 4.98 Å². The third-order valence-electron chi connectivity index (χ3n) is 4.41. The van der Waals surface area contributed by atoms with Gasteiger partial charge in [-0.3, -0.25) is 4.40 Å². The predicted octanol–water partition coefficient (Wildman–Crippen LogP) is 5.12. The fourth-order valence-electron chi connectivity index (χ4n) is 3.05. The zero-order chi connectivity index (χ0) is 17.7. The molecule has 0 aliphatic heterocycles. The van der Waals surface area contributed by atoms with E-state index < -0.39 is 0 Å². The van der Waals surface area contributed by atoms with E-state index in [1.54, 1.807) is 11.3 Å². The highest BCUT2D eigenvalue weighted by Gasteiger charge is 2.25. The van der Waals surface area contributed by atoms with Crippen LogP contribution in [-0.2, 0) is 17.4 Å². The Morgan fingerprint density at radius 2 is 1.62 bits per heavy atom. The second kappa shape index (κ2) is 5.71. The van der Waals surface area contributed by atoms with Crippen LogP contribution in [0.4, 0.5) is 0 Å². The highest BCUT2D eigenvalue weighted by Crippen LogP contribution is 2.34. The van der Waals surface area contributed by atoms with Crippen LogP contribution in [-0.4, -0.2) is 9.38 Å². The average molecular weight is 342 g/mol. The van der Waals surface area contributed by atoms with Crippen molar-refractivity contribution >= 4 is 16.3 Å². The van der Waals surface area contributed by atoms with Gasteiger partial charge >= 0.3 is 0 Å². The van der Waals surface area contributed by atoms with Crippen molar-refractivity contribution < 1.29 is 0 Å². The first-order valence-corrected chi connectivity index (χ1v) is 9.31. The molecule has 2 N–H and O–H groups in total. The van der Waals surface area contributed by atoms with Crippen molar-refractivity contribution in [1.82, 2.24) is 9.38 Å². The van der Waals surface area contributed by atoms with Gasteiger partial charge in [0.2, 0.25) is 0 Å². The fraction of sp³-hybridized carbons (Fsp3) is 0.450. The molecule has 128 valence electrons. The van der Waals surface area contributed by atoms with Crippen LogP contribution in [0.3, 0.4) is 0 Å². The number of hydrogen-bond donors (Lipinski definition) is 1. The van der Waals surface area contributed by atoms with E-state index in [4.69, 9.17) is 10.7 Å². The maximum Gasteiger partial charge on any atom is 0.194 e. The molecule has 3 rings (SSSR count). The van der Waals surface area contributed by atoms with Crippen LogP contribution < -0.4 is 5.73 Å². The second-order valence-electron chi connectivity index (χ2n) is 8.43. The molecule has 2 aromatic heterocycles. The van der Waals surface area contributed by atoms with Gasteiger partial charge < -0.3 is 5.73 Å². The predicted molar refractivity (Wildman–Crippen MR) is 104 cm³/mol. The Kier molecular flexibility index (Phi) is 4.09. The summed E-state index contributed by atoms with van der Waals surface area (Å²) in [5.41, 5.74) is 12.2. The third kappa shape index (κ3) is 2.89. The summed E-state index contributed by atoms with van der Waals surface area (Å²) in [4.78, 5) is 5.88. The summed E-state index contributed by atoms with van der Waals surface area (Å²) >= 11 is 1.68. The van der Waals surface area contributed by atoms with E-state index in [1.807, 2.05) is 0 Å². The number of benzene rings is 1. The SMILES string of the molecule is CC(C)(C)c1ccc(-c2csc3nc(C(C)(C)C)c(CN)n23)cc1. The Hall–Kier alpha value is -1.65. The van der Waals surface area contributed by atoms with Crippen LogP contribution in [0.2, 0.25) is 0 Å². The van der Waals surface area contributed by atoms with Gasteiger partial charge in [-0.15, -0.1) is 11.3 Å². The summed E-state index contributed by atoms with van der Waals surface area (Å²) in [6, 6.07) is 8.86. The molecule has 0 fully saturated rings. The van der Waals surface area contributed by atoms with Crippen molar-refractivity contribution in [3.63, 3.8) is 0 Å². The molecule has 0 radical (unpaired) electrons. The van der Waals surface area contributed by atoms with Crippen LogP contribution in [0.1, 0.15) is 58.5 Å². The summed E-state index contributed by atoms with van der Waals surface area (Å²) in [6.07, 6.45) is 0. The molecule has 24 heavy (non-hydrogen) atoms. The Bertz CT molecular complexity index is 855. The highest BCUT2D eigenvalue weighted by atomic mass is 32.1. The van der Waals surface area contributed by atoms with Crippen LogP contribution >= 0.6 is 11.3 Å². The van der Waals surface area contributed by atoms with E-state index in [-0.39, 0.29) is 10.8 Å². The monoisotopic (exact) mass is 341 g/mol. The molecule has 2 heterocycles. The van der Waals surface area contributed by atoms with E-state index in [0.717, 1.165) is 16.3 Å². The molecular weight excluding hydrogens is 314 g/mol. The number of imidazole rings is 1. The summed E-state index contributed by atoms with van der Waals surface area (Å²) < 4.78 is 2.23. The standard InChI is InChI=1S/C20H27N3S/c1-19(2,3)14-9-7-13(8-10-14)16-12-24-18-22-17(20(4,5)6)15(11-21)23(16)18/h7-10,12H,11,21H2,1-6H3. The van der Waals surface area contributed by atoms with Gasteiger partial charge in [-0.2, -0.15) is 0 Å². The number of hydrogen-bond acceptors (Lipinski definition) is 3. The Balaban J connectivity index is 2.15. The first-order valence-electron chi connectivity index (χ1n) is 8.43. The first-order chi connectivity index (χ1) is 11.1. The molecule has 0 unspecified atom stereocenters. The zero-order valence-electron chi connectivity index (χ0n) is 15.5. The number of fused-ring (bicyclic) bond motifs is 1. The summed E-state index contributed by atoms with van der Waals surface area (Å²) in [7, 11) is 0. The first kappa shape index (κ1) is 17.2. The van der Waals surface area contributed by atoms with Crippen molar-refractivity contribution in [1.29, 1.82) is 0 Å². The lowest BCUT2D eigenvalue weighted by atomic mass is 9.86. The lowest BCUT2D eigenvalue weighted by Gasteiger charge is -2.19. The smallest absolute Gasteiger partial charge is 0.194 e. The lowest BCUT2D eigenvalue weighted by molar-refractivity contribution is 0.564.